The highest BCUT2D eigenvalue weighted by Crippen LogP contribution is 2.25. The van der Waals surface area contributed by atoms with Crippen LogP contribution in [0.4, 0.5) is 9.52 Å². The third-order valence-electron chi connectivity index (χ3n) is 2.81. The van der Waals surface area contributed by atoms with E-state index in [1.54, 1.807) is 12.1 Å². The Labute approximate surface area is 115 Å². The van der Waals surface area contributed by atoms with Gasteiger partial charge in [0.1, 0.15) is 5.82 Å². The van der Waals surface area contributed by atoms with Gasteiger partial charge < -0.3 is 5.73 Å². The summed E-state index contributed by atoms with van der Waals surface area (Å²) >= 11 is 1.40. The predicted molar refractivity (Wildman–Crippen MR) is 74.4 cm³/mol. The number of thiazole rings is 1. The van der Waals surface area contributed by atoms with Crippen molar-refractivity contribution < 1.29 is 4.39 Å². The minimum Gasteiger partial charge on any atom is -0.375 e. The topological polar surface area (TPSA) is 62.7 Å². The summed E-state index contributed by atoms with van der Waals surface area (Å²) in [5.41, 5.74) is 7.57. The Morgan fingerprint density at radius 1 is 1.47 bits per heavy atom. The number of nitrogens with zero attached hydrogens (tertiary/aromatic N) is 2. The molecule has 0 spiro atoms. The van der Waals surface area contributed by atoms with E-state index in [1.807, 2.05) is 6.07 Å². The lowest BCUT2D eigenvalue weighted by Gasteiger charge is -2.03. The molecule has 0 aliphatic carbocycles. The van der Waals surface area contributed by atoms with E-state index in [1.165, 1.54) is 17.4 Å². The second-order valence-electron chi connectivity index (χ2n) is 4.27. The number of benzene rings is 1. The molecule has 0 radical (unpaired) electrons. The molecule has 0 bridgehead atoms. The fourth-order valence-corrected chi connectivity index (χ4v) is 2.81. The largest absolute Gasteiger partial charge is 0.375 e. The molecule has 0 aliphatic rings. The molecule has 2 aromatic rings. The van der Waals surface area contributed by atoms with E-state index in [-0.39, 0.29) is 5.82 Å². The zero-order valence-electron chi connectivity index (χ0n) is 10.6. The Hall–Kier alpha value is -1.93. The first-order chi connectivity index (χ1) is 9.13. The van der Waals surface area contributed by atoms with Crippen molar-refractivity contribution in [2.75, 3.05) is 5.73 Å². The molecule has 98 valence electrons. The van der Waals surface area contributed by atoms with Gasteiger partial charge in [-0.3, -0.25) is 0 Å². The van der Waals surface area contributed by atoms with Gasteiger partial charge in [-0.05, 0) is 24.1 Å². The molecular weight excluding hydrogens is 261 g/mol. The van der Waals surface area contributed by atoms with Gasteiger partial charge in [-0.15, -0.1) is 11.3 Å². The van der Waals surface area contributed by atoms with Gasteiger partial charge >= 0.3 is 0 Å². The Bertz CT molecular complexity index is 628. The van der Waals surface area contributed by atoms with Gasteiger partial charge in [0.25, 0.3) is 0 Å². The highest BCUT2D eigenvalue weighted by Gasteiger charge is 2.12. The Balaban J connectivity index is 2.28. The lowest BCUT2D eigenvalue weighted by atomic mass is 10.1. The molecule has 0 atom stereocenters. The first kappa shape index (κ1) is 13.5. The van der Waals surface area contributed by atoms with E-state index in [0.717, 1.165) is 23.4 Å². The van der Waals surface area contributed by atoms with Crippen molar-refractivity contribution in [3.63, 3.8) is 0 Å². The first-order valence-electron chi connectivity index (χ1n) is 6.06. The van der Waals surface area contributed by atoms with Crippen molar-refractivity contribution in [2.24, 2.45) is 0 Å². The minimum atomic E-state index is -0.353. The Morgan fingerprint density at radius 3 is 2.89 bits per heavy atom. The number of anilines is 1. The summed E-state index contributed by atoms with van der Waals surface area (Å²) in [5.74, 6) is -0.353. The van der Waals surface area contributed by atoms with Crippen LogP contribution in [0.25, 0.3) is 0 Å². The van der Waals surface area contributed by atoms with Crippen LogP contribution >= 0.6 is 11.3 Å². The maximum absolute atomic E-state index is 13.8. The maximum atomic E-state index is 13.8. The molecule has 0 saturated carbocycles. The smallest absolute Gasteiger partial charge is 0.180 e. The molecule has 1 heterocycles. The number of hydrogen-bond acceptors (Lipinski definition) is 4. The fraction of sp³-hybridized carbons (Fsp3) is 0.286. The lowest BCUT2D eigenvalue weighted by Crippen LogP contribution is -1.96. The SMILES string of the molecule is CCCc1nc(N)sc1Cc1ccc(C#N)cc1F. The van der Waals surface area contributed by atoms with Crippen LogP contribution < -0.4 is 5.73 Å². The average Bonchev–Trinajstić information content (AvgIpc) is 2.72. The van der Waals surface area contributed by atoms with Crippen LogP contribution in [0, 0.1) is 17.1 Å². The number of rotatable bonds is 4. The normalized spacial score (nSPS) is 10.4. The third-order valence-corrected chi connectivity index (χ3v) is 3.74. The van der Waals surface area contributed by atoms with E-state index in [0.29, 0.717) is 22.7 Å². The number of nitrogens with two attached hydrogens (primary N) is 1. The van der Waals surface area contributed by atoms with Crippen LogP contribution in [-0.4, -0.2) is 4.98 Å². The summed E-state index contributed by atoms with van der Waals surface area (Å²) in [6.45, 7) is 2.07. The molecule has 19 heavy (non-hydrogen) atoms. The summed E-state index contributed by atoms with van der Waals surface area (Å²) < 4.78 is 13.8. The Morgan fingerprint density at radius 2 is 2.26 bits per heavy atom. The monoisotopic (exact) mass is 275 g/mol. The first-order valence-corrected chi connectivity index (χ1v) is 6.88. The quantitative estimate of drug-likeness (QED) is 0.931. The number of nitrogen functional groups attached to an aromatic ring is 1. The van der Waals surface area contributed by atoms with Crippen LogP contribution in [0.15, 0.2) is 18.2 Å². The van der Waals surface area contributed by atoms with Gasteiger partial charge in [0, 0.05) is 11.3 Å². The highest BCUT2D eigenvalue weighted by molar-refractivity contribution is 7.15. The molecule has 0 amide bonds. The van der Waals surface area contributed by atoms with Crippen LogP contribution in [0.2, 0.25) is 0 Å². The molecular formula is C14H14FN3S. The van der Waals surface area contributed by atoms with Crippen LogP contribution in [0.3, 0.4) is 0 Å². The molecule has 0 aliphatic heterocycles. The number of hydrogen-bond donors (Lipinski definition) is 1. The van der Waals surface area contributed by atoms with E-state index in [4.69, 9.17) is 11.0 Å². The summed E-state index contributed by atoms with van der Waals surface area (Å²) in [5, 5.41) is 9.24. The predicted octanol–water partition coefficient (Wildman–Crippen LogP) is 3.28. The molecule has 2 N–H and O–H groups in total. The maximum Gasteiger partial charge on any atom is 0.180 e. The minimum absolute atomic E-state index is 0.332. The molecule has 1 aromatic carbocycles. The lowest BCUT2D eigenvalue weighted by molar-refractivity contribution is 0.613. The van der Waals surface area contributed by atoms with Crippen molar-refractivity contribution in [1.29, 1.82) is 5.26 Å². The van der Waals surface area contributed by atoms with Crippen molar-refractivity contribution >= 4 is 16.5 Å². The highest BCUT2D eigenvalue weighted by atomic mass is 32.1. The number of nitriles is 1. The van der Waals surface area contributed by atoms with Gasteiger partial charge in [-0.2, -0.15) is 5.26 Å². The zero-order valence-corrected chi connectivity index (χ0v) is 11.4. The summed E-state index contributed by atoms with van der Waals surface area (Å²) in [6, 6.07) is 6.47. The van der Waals surface area contributed by atoms with Gasteiger partial charge in [-0.1, -0.05) is 19.4 Å². The molecule has 3 nitrogen and oxygen atoms in total. The number of aromatic nitrogens is 1. The van der Waals surface area contributed by atoms with Crippen LogP contribution in [-0.2, 0) is 12.8 Å². The summed E-state index contributed by atoms with van der Waals surface area (Å²) in [4.78, 5) is 5.28. The van der Waals surface area contributed by atoms with E-state index >= 15 is 0 Å². The fourth-order valence-electron chi connectivity index (χ4n) is 1.91. The summed E-state index contributed by atoms with van der Waals surface area (Å²) in [6.07, 6.45) is 2.30. The Kier molecular flexibility index (Phi) is 4.13. The van der Waals surface area contributed by atoms with Crippen LogP contribution in [0.1, 0.15) is 35.0 Å². The van der Waals surface area contributed by atoms with E-state index in [2.05, 4.69) is 11.9 Å². The molecule has 1 aromatic heterocycles. The second-order valence-corrected chi connectivity index (χ2v) is 5.38. The third kappa shape index (κ3) is 3.09. The molecule has 2 rings (SSSR count). The van der Waals surface area contributed by atoms with E-state index < -0.39 is 0 Å². The van der Waals surface area contributed by atoms with Gasteiger partial charge in [0.2, 0.25) is 0 Å². The van der Waals surface area contributed by atoms with Crippen molar-refractivity contribution in [1.82, 2.24) is 4.98 Å². The van der Waals surface area contributed by atoms with Crippen LogP contribution in [0.5, 0.6) is 0 Å². The van der Waals surface area contributed by atoms with Gasteiger partial charge in [-0.25, -0.2) is 9.37 Å². The molecule has 5 heteroatoms. The summed E-state index contributed by atoms with van der Waals surface area (Å²) in [7, 11) is 0. The van der Waals surface area contributed by atoms with Gasteiger partial charge in [0.05, 0.1) is 17.3 Å². The van der Waals surface area contributed by atoms with Crippen molar-refractivity contribution in [2.45, 2.75) is 26.2 Å². The second kappa shape index (κ2) is 5.81. The van der Waals surface area contributed by atoms with Crippen molar-refractivity contribution in [3.8, 4) is 6.07 Å². The zero-order chi connectivity index (χ0) is 13.8. The van der Waals surface area contributed by atoms with Crippen molar-refractivity contribution in [3.05, 3.63) is 45.7 Å². The number of halogens is 1. The number of aryl methyl sites for hydroxylation is 1. The standard InChI is InChI=1S/C14H14FN3S/c1-2-3-12-13(19-14(17)18-12)7-10-5-4-9(8-16)6-11(10)15/h4-6H,2-3,7H2,1H3,(H2,17,18). The molecule has 0 fully saturated rings. The average molecular weight is 275 g/mol. The van der Waals surface area contributed by atoms with E-state index in [9.17, 15) is 4.39 Å². The molecule has 0 unspecified atom stereocenters. The van der Waals surface area contributed by atoms with Gasteiger partial charge in [0.15, 0.2) is 5.13 Å². The molecule has 0 saturated heterocycles.